The van der Waals surface area contributed by atoms with E-state index in [1.165, 1.54) is 0 Å². The number of aromatic nitrogens is 4. The summed E-state index contributed by atoms with van der Waals surface area (Å²) in [6, 6.07) is 15.3. The van der Waals surface area contributed by atoms with E-state index in [-0.39, 0.29) is 18.5 Å². The first-order valence-electron chi connectivity index (χ1n) is 8.63. The van der Waals surface area contributed by atoms with E-state index in [4.69, 9.17) is 14.5 Å². The molecule has 27 heavy (non-hydrogen) atoms. The maximum atomic E-state index is 12.5. The Balaban J connectivity index is 1.64. The van der Waals surface area contributed by atoms with Gasteiger partial charge < -0.3 is 9.47 Å². The number of hydrogen-bond donors (Lipinski definition) is 1. The maximum Gasteiger partial charge on any atom is 0.329 e. The van der Waals surface area contributed by atoms with E-state index in [0.29, 0.717) is 28.5 Å². The molecule has 134 valence electrons. The molecule has 0 aliphatic carbocycles. The maximum absolute atomic E-state index is 12.5. The van der Waals surface area contributed by atoms with Crippen molar-refractivity contribution in [2.75, 3.05) is 6.79 Å². The van der Waals surface area contributed by atoms with Crippen molar-refractivity contribution in [2.45, 2.75) is 13.0 Å². The fourth-order valence-corrected chi connectivity index (χ4v) is 3.33. The van der Waals surface area contributed by atoms with Crippen LogP contribution in [0.1, 0.15) is 18.5 Å². The quantitative estimate of drug-likeness (QED) is 0.607. The number of fused-ring (bicyclic) bond motifs is 2. The van der Waals surface area contributed by atoms with Gasteiger partial charge in [0.2, 0.25) is 6.79 Å². The highest BCUT2D eigenvalue weighted by molar-refractivity contribution is 5.72. The molecule has 4 aromatic rings. The molecule has 0 radical (unpaired) electrons. The number of imidazole rings is 1. The smallest absolute Gasteiger partial charge is 0.329 e. The van der Waals surface area contributed by atoms with Gasteiger partial charge >= 0.3 is 5.69 Å². The van der Waals surface area contributed by atoms with Crippen LogP contribution < -0.4 is 15.2 Å². The van der Waals surface area contributed by atoms with E-state index in [0.717, 1.165) is 11.1 Å². The molecule has 7 heteroatoms. The van der Waals surface area contributed by atoms with Gasteiger partial charge in [0.15, 0.2) is 22.8 Å². The fraction of sp³-hybridized carbons (Fsp3) is 0.150. The van der Waals surface area contributed by atoms with Crippen LogP contribution in [-0.4, -0.2) is 26.3 Å². The van der Waals surface area contributed by atoms with E-state index < -0.39 is 0 Å². The van der Waals surface area contributed by atoms with Gasteiger partial charge in [0.05, 0.1) is 17.9 Å². The van der Waals surface area contributed by atoms with Crippen LogP contribution in [0.2, 0.25) is 0 Å². The van der Waals surface area contributed by atoms with Crippen LogP contribution in [0.4, 0.5) is 0 Å². The number of H-pyrrole nitrogens is 1. The Labute approximate surface area is 154 Å². The van der Waals surface area contributed by atoms with Gasteiger partial charge in [-0.15, -0.1) is 0 Å². The van der Waals surface area contributed by atoms with Crippen LogP contribution >= 0.6 is 0 Å². The highest BCUT2D eigenvalue weighted by Crippen LogP contribution is 2.35. The van der Waals surface area contributed by atoms with Crippen molar-refractivity contribution in [2.24, 2.45) is 0 Å². The van der Waals surface area contributed by atoms with Gasteiger partial charge in [0, 0.05) is 5.56 Å². The standard InChI is InChI=1S/C20H16N4O3/c1-12(13-5-3-2-4-6-13)24-19-18(23-20(24)25)21-10-15(22-19)14-7-8-16-17(9-14)27-11-26-16/h2-10,12H,11H2,1H3,(H,21,23,25). The number of aromatic amines is 1. The number of nitrogens with one attached hydrogen (secondary N) is 1. The van der Waals surface area contributed by atoms with Crippen LogP contribution in [0, 0.1) is 0 Å². The average Bonchev–Trinajstić information content (AvgIpc) is 3.30. The molecule has 5 rings (SSSR count). The first-order valence-corrected chi connectivity index (χ1v) is 8.63. The lowest BCUT2D eigenvalue weighted by molar-refractivity contribution is 0.174. The molecular formula is C20H16N4O3. The third kappa shape index (κ3) is 2.55. The lowest BCUT2D eigenvalue weighted by atomic mass is 10.1. The zero-order chi connectivity index (χ0) is 18.4. The number of ether oxygens (including phenoxy) is 2. The second-order valence-corrected chi connectivity index (χ2v) is 6.38. The Hall–Kier alpha value is -3.61. The number of rotatable bonds is 3. The molecule has 1 unspecified atom stereocenters. The summed E-state index contributed by atoms with van der Waals surface area (Å²) in [5.74, 6) is 1.39. The molecule has 2 aromatic heterocycles. The monoisotopic (exact) mass is 360 g/mol. The summed E-state index contributed by atoms with van der Waals surface area (Å²) in [5, 5.41) is 0. The summed E-state index contributed by atoms with van der Waals surface area (Å²) in [7, 11) is 0. The number of benzene rings is 2. The number of hydrogen-bond acceptors (Lipinski definition) is 5. The van der Waals surface area contributed by atoms with Crippen LogP contribution in [-0.2, 0) is 0 Å². The van der Waals surface area contributed by atoms with Crippen molar-refractivity contribution in [1.29, 1.82) is 0 Å². The summed E-state index contributed by atoms with van der Waals surface area (Å²) < 4.78 is 12.4. The molecule has 0 fully saturated rings. The second-order valence-electron chi connectivity index (χ2n) is 6.38. The van der Waals surface area contributed by atoms with Crippen LogP contribution in [0.3, 0.4) is 0 Å². The molecule has 1 aliphatic rings. The Morgan fingerprint density at radius 3 is 2.78 bits per heavy atom. The minimum atomic E-state index is -0.232. The summed E-state index contributed by atoms with van der Waals surface area (Å²) in [5.41, 5.74) is 3.29. The Kier molecular flexibility index (Phi) is 3.46. The molecule has 0 spiro atoms. The summed E-state index contributed by atoms with van der Waals surface area (Å²) in [6.45, 7) is 2.19. The highest BCUT2D eigenvalue weighted by atomic mass is 16.7. The van der Waals surface area contributed by atoms with Gasteiger partial charge in [-0.2, -0.15) is 0 Å². The normalized spacial score (nSPS) is 13.8. The predicted octanol–water partition coefficient (Wildman–Crippen LogP) is 3.12. The molecule has 1 atom stereocenters. The van der Waals surface area contributed by atoms with Crippen LogP contribution in [0.25, 0.3) is 22.6 Å². The molecule has 2 aromatic carbocycles. The third-order valence-electron chi connectivity index (χ3n) is 4.76. The van der Waals surface area contributed by atoms with Crippen molar-refractivity contribution in [3.63, 3.8) is 0 Å². The molecule has 3 heterocycles. The largest absolute Gasteiger partial charge is 0.454 e. The van der Waals surface area contributed by atoms with Gasteiger partial charge in [-0.25, -0.2) is 14.8 Å². The molecule has 1 N–H and O–H groups in total. The van der Waals surface area contributed by atoms with E-state index >= 15 is 0 Å². The topological polar surface area (TPSA) is 82.0 Å². The van der Waals surface area contributed by atoms with Gasteiger partial charge in [0.25, 0.3) is 0 Å². The summed E-state index contributed by atoms with van der Waals surface area (Å²) in [4.78, 5) is 24.4. The molecule has 0 amide bonds. The lowest BCUT2D eigenvalue weighted by Gasteiger charge is -2.13. The molecule has 0 saturated carbocycles. The van der Waals surface area contributed by atoms with E-state index in [2.05, 4.69) is 9.97 Å². The molecule has 7 nitrogen and oxygen atoms in total. The molecule has 0 bridgehead atoms. The Bertz CT molecular complexity index is 1200. The van der Waals surface area contributed by atoms with Crippen LogP contribution in [0.15, 0.2) is 59.5 Å². The summed E-state index contributed by atoms with van der Waals surface area (Å²) >= 11 is 0. The molecule has 0 saturated heterocycles. The lowest BCUT2D eigenvalue weighted by Crippen LogP contribution is -2.21. The molecule has 1 aliphatic heterocycles. The van der Waals surface area contributed by atoms with Gasteiger partial charge in [0.1, 0.15) is 0 Å². The van der Waals surface area contributed by atoms with E-state index in [1.54, 1.807) is 10.8 Å². The Morgan fingerprint density at radius 2 is 1.93 bits per heavy atom. The van der Waals surface area contributed by atoms with Gasteiger partial charge in [-0.05, 0) is 30.7 Å². The number of nitrogens with zero attached hydrogens (tertiary/aromatic N) is 3. The minimum absolute atomic E-state index is 0.172. The summed E-state index contributed by atoms with van der Waals surface area (Å²) in [6.07, 6.45) is 1.65. The van der Waals surface area contributed by atoms with Crippen molar-refractivity contribution in [1.82, 2.24) is 19.5 Å². The highest BCUT2D eigenvalue weighted by Gasteiger charge is 2.19. The molecular weight excluding hydrogens is 344 g/mol. The van der Waals surface area contributed by atoms with Crippen molar-refractivity contribution in [3.05, 3.63) is 70.8 Å². The zero-order valence-corrected chi connectivity index (χ0v) is 14.5. The third-order valence-corrected chi connectivity index (χ3v) is 4.76. The first-order chi connectivity index (χ1) is 13.2. The zero-order valence-electron chi connectivity index (χ0n) is 14.5. The van der Waals surface area contributed by atoms with Gasteiger partial charge in [-0.3, -0.25) is 9.55 Å². The van der Waals surface area contributed by atoms with Gasteiger partial charge in [-0.1, -0.05) is 30.3 Å². The average molecular weight is 360 g/mol. The van der Waals surface area contributed by atoms with Crippen molar-refractivity contribution >= 4 is 11.3 Å². The van der Waals surface area contributed by atoms with Crippen molar-refractivity contribution in [3.8, 4) is 22.8 Å². The fourth-order valence-electron chi connectivity index (χ4n) is 3.33. The SMILES string of the molecule is CC(c1ccccc1)n1c(=O)[nH]c2ncc(-c3ccc4c(c3)OCO4)nc21. The van der Waals surface area contributed by atoms with Crippen LogP contribution in [0.5, 0.6) is 11.5 Å². The second kappa shape index (κ2) is 5.98. The Morgan fingerprint density at radius 1 is 1.11 bits per heavy atom. The predicted molar refractivity (Wildman–Crippen MR) is 100.0 cm³/mol. The van der Waals surface area contributed by atoms with E-state index in [9.17, 15) is 4.79 Å². The van der Waals surface area contributed by atoms with Crippen molar-refractivity contribution < 1.29 is 9.47 Å². The van der Waals surface area contributed by atoms with E-state index in [1.807, 2.05) is 55.5 Å². The first kappa shape index (κ1) is 15.6. The minimum Gasteiger partial charge on any atom is -0.454 e.